The highest BCUT2D eigenvalue weighted by molar-refractivity contribution is 9.10. The third kappa shape index (κ3) is 2.86. The third-order valence-electron chi connectivity index (χ3n) is 3.75. The Bertz CT molecular complexity index is 393. The Morgan fingerprint density at radius 1 is 1.53 bits per heavy atom. The molecule has 0 unspecified atom stereocenters. The summed E-state index contributed by atoms with van der Waals surface area (Å²) in [6.07, 6.45) is 6.55. The van der Waals surface area contributed by atoms with Crippen molar-refractivity contribution in [3.05, 3.63) is 28.5 Å². The van der Waals surface area contributed by atoms with Crippen LogP contribution in [0.15, 0.2) is 22.8 Å². The van der Waals surface area contributed by atoms with Gasteiger partial charge in [-0.25, -0.2) is 4.98 Å². The van der Waals surface area contributed by atoms with Crippen molar-refractivity contribution in [3.8, 4) is 0 Å². The summed E-state index contributed by atoms with van der Waals surface area (Å²) in [6.45, 7) is 2.98. The van der Waals surface area contributed by atoms with Crippen molar-refractivity contribution in [2.45, 2.75) is 32.6 Å². The molecule has 4 heteroatoms. The summed E-state index contributed by atoms with van der Waals surface area (Å²) < 4.78 is 0.887. The highest BCUT2D eigenvalue weighted by Gasteiger charge is 2.35. The van der Waals surface area contributed by atoms with Gasteiger partial charge in [-0.15, -0.1) is 0 Å². The number of hydrogen-bond acceptors (Lipinski definition) is 2. The van der Waals surface area contributed by atoms with E-state index in [9.17, 15) is 4.79 Å². The topological polar surface area (TPSA) is 42.0 Å². The van der Waals surface area contributed by atoms with Gasteiger partial charge in [0.1, 0.15) is 5.69 Å². The van der Waals surface area contributed by atoms with Gasteiger partial charge in [0.2, 0.25) is 0 Å². The fraction of sp³-hybridized carbons (Fsp3) is 0.538. The van der Waals surface area contributed by atoms with Crippen LogP contribution in [-0.4, -0.2) is 17.4 Å². The number of nitrogens with zero attached hydrogens (tertiary/aromatic N) is 1. The molecule has 1 aliphatic carbocycles. The van der Waals surface area contributed by atoms with Crippen LogP contribution in [0, 0.1) is 5.41 Å². The Labute approximate surface area is 110 Å². The lowest BCUT2D eigenvalue weighted by molar-refractivity contribution is 0.0845. The molecule has 17 heavy (non-hydrogen) atoms. The second-order valence-electron chi connectivity index (χ2n) is 4.75. The Balaban J connectivity index is 1.91. The van der Waals surface area contributed by atoms with Crippen LogP contribution in [0.4, 0.5) is 0 Å². The van der Waals surface area contributed by atoms with Crippen LogP contribution in [0.2, 0.25) is 0 Å². The summed E-state index contributed by atoms with van der Waals surface area (Å²) in [5.41, 5.74) is 0.837. The minimum atomic E-state index is -0.0720. The van der Waals surface area contributed by atoms with Gasteiger partial charge in [-0.2, -0.15) is 0 Å². The first-order valence-corrected chi connectivity index (χ1v) is 6.84. The average Bonchev–Trinajstić information content (AvgIpc) is 2.29. The number of amides is 1. The van der Waals surface area contributed by atoms with E-state index in [1.54, 1.807) is 12.3 Å². The smallest absolute Gasteiger partial charge is 0.269 e. The van der Waals surface area contributed by atoms with E-state index < -0.39 is 0 Å². The molecule has 0 aliphatic heterocycles. The van der Waals surface area contributed by atoms with Crippen LogP contribution >= 0.6 is 15.9 Å². The van der Waals surface area contributed by atoms with Crippen LogP contribution in [0.5, 0.6) is 0 Å². The summed E-state index contributed by atoms with van der Waals surface area (Å²) >= 11 is 3.30. The first kappa shape index (κ1) is 12.6. The molecule has 1 aromatic rings. The van der Waals surface area contributed by atoms with E-state index in [1.165, 1.54) is 19.3 Å². The molecule has 0 spiro atoms. The molecule has 1 amide bonds. The number of nitrogens with one attached hydrogen (secondary N) is 1. The van der Waals surface area contributed by atoms with E-state index in [4.69, 9.17) is 0 Å². The molecule has 2 rings (SSSR count). The molecule has 0 saturated heterocycles. The molecule has 1 aromatic heterocycles. The van der Waals surface area contributed by atoms with Crippen molar-refractivity contribution in [2.75, 3.05) is 6.54 Å². The Kier molecular flexibility index (Phi) is 3.82. The minimum Gasteiger partial charge on any atom is -0.350 e. The standard InChI is InChI=1S/C13H17BrN2O/c1-2-13(6-3-7-13)9-16-12(17)11-5-4-10(14)8-15-11/h4-5,8H,2-3,6-7,9H2,1H3,(H,16,17). The highest BCUT2D eigenvalue weighted by atomic mass is 79.9. The molecule has 1 aliphatic rings. The zero-order valence-electron chi connectivity index (χ0n) is 10.0. The lowest BCUT2D eigenvalue weighted by Crippen LogP contribution is -2.41. The van der Waals surface area contributed by atoms with E-state index in [-0.39, 0.29) is 5.91 Å². The van der Waals surface area contributed by atoms with Crippen LogP contribution in [0.25, 0.3) is 0 Å². The van der Waals surface area contributed by atoms with Crippen molar-refractivity contribution in [1.29, 1.82) is 0 Å². The number of halogens is 1. The predicted octanol–water partition coefficient (Wildman–Crippen LogP) is 3.15. The van der Waals surface area contributed by atoms with Gasteiger partial charge < -0.3 is 5.32 Å². The highest BCUT2D eigenvalue weighted by Crippen LogP contribution is 2.43. The number of carbonyl (C=O) groups excluding carboxylic acids is 1. The molecular weight excluding hydrogens is 280 g/mol. The van der Waals surface area contributed by atoms with Crippen LogP contribution < -0.4 is 5.32 Å². The van der Waals surface area contributed by atoms with Crippen molar-refractivity contribution in [3.63, 3.8) is 0 Å². The van der Waals surface area contributed by atoms with Gasteiger partial charge in [-0.05, 0) is 52.7 Å². The quantitative estimate of drug-likeness (QED) is 0.927. The number of hydrogen-bond donors (Lipinski definition) is 1. The maximum Gasteiger partial charge on any atom is 0.269 e. The Morgan fingerprint density at radius 3 is 2.76 bits per heavy atom. The molecule has 92 valence electrons. The third-order valence-corrected chi connectivity index (χ3v) is 4.22. The number of aromatic nitrogens is 1. The molecule has 0 bridgehead atoms. The van der Waals surface area contributed by atoms with Gasteiger partial charge in [0, 0.05) is 17.2 Å². The largest absolute Gasteiger partial charge is 0.350 e. The Hall–Kier alpha value is -0.900. The van der Waals surface area contributed by atoms with Crippen LogP contribution in [0.1, 0.15) is 43.1 Å². The molecular formula is C13H17BrN2O. The number of carbonyl (C=O) groups is 1. The molecule has 0 atom stereocenters. The summed E-state index contributed by atoms with van der Waals surface area (Å²) in [5, 5.41) is 3.00. The molecule has 3 nitrogen and oxygen atoms in total. The van der Waals surface area contributed by atoms with Crippen molar-refractivity contribution < 1.29 is 4.79 Å². The van der Waals surface area contributed by atoms with Gasteiger partial charge >= 0.3 is 0 Å². The van der Waals surface area contributed by atoms with E-state index in [0.717, 1.165) is 17.4 Å². The van der Waals surface area contributed by atoms with Crippen LogP contribution in [-0.2, 0) is 0 Å². The number of rotatable bonds is 4. The van der Waals surface area contributed by atoms with Gasteiger partial charge in [0.15, 0.2) is 0 Å². The average molecular weight is 297 g/mol. The molecule has 1 heterocycles. The van der Waals surface area contributed by atoms with E-state index in [1.807, 2.05) is 6.07 Å². The first-order chi connectivity index (χ1) is 8.15. The van der Waals surface area contributed by atoms with Crippen molar-refractivity contribution in [1.82, 2.24) is 10.3 Å². The lowest BCUT2D eigenvalue weighted by atomic mass is 9.67. The zero-order valence-corrected chi connectivity index (χ0v) is 11.6. The summed E-state index contributed by atoms with van der Waals surface area (Å²) in [5.74, 6) is -0.0720. The normalized spacial score (nSPS) is 17.3. The van der Waals surface area contributed by atoms with Gasteiger partial charge in [0.05, 0.1) is 0 Å². The monoisotopic (exact) mass is 296 g/mol. The predicted molar refractivity (Wildman–Crippen MR) is 70.8 cm³/mol. The van der Waals surface area contributed by atoms with E-state index in [0.29, 0.717) is 11.1 Å². The fourth-order valence-electron chi connectivity index (χ4n) is 2.20. The summed E-state index contributed by atoms with van der Waals surface area (Å²) in [7, 11) is 0. The van der Waals surface area contributed by atoms with Crippen molar-refractivity contribution >= 4 is 21.8 Å². The lowest BCUT2D eigenvalue weighted by Gasteiger charge is -2.41. The van der Waals surface area contributed by atoms with E-state index in [2.05, 4.69) is 33.2 Å². The first-order valence-electron chi connectivity index (χ1n) is 6.05. The van der Waals surface area contributed by atoms with Gasteiger partial charge in [0.25, 0.3) is 5.91 Å². The minimum absolute atomic E-state index is 0.0720. The molecule has 1 saturated carbocycles. The summed E-state index contributed by atoms with van der Waals surface area (Å²) in [4.78, 5) is 16.0. The second-order valence-corrected chi connectivity index (χ2v) is 5.67. The number of pyridine rings is 1. The zero-order chi connectivity index (χ0) is 12.3. The summed E-state index contributed by atoms with van der Waals surface area (Å²) in [6, 6.07) is 3.57. The Morgan fingerprint density at radius 2 is 2.29 bits per heavy atom. The van der Waals surface area contributed by atoms with Gasteiger partial charge in [-0.1, -0.05) is 13.3 Å². The van der Waals surface area contributed by atoms with Crippen LogP contribution in [0.3, 0.4) is 0 Å². The molecule has 0 aromatic carbocycles. The SMILES string of the molecule is CCC1(CNC(=O)c2ccc(Br)cn2)CCC1. The second kappa shape index (κ2) is 5.17. The van der Waals surface area contributed by atoms with Gasteiger partial charge in [-0.3, -0.25) is 4.79 Å². The molecule has 1 N–H and O–H groups in total. The van der Waals surface area contributed by atoms with E-state index >= 15 is 0 Å². The maximum absolute atomic E-state index is 11.9. The molecule has 0 radical (unpaired) electrons. The fourth-order valence-corrected chi connectivity index (χ4v) is 2.44. The maximum atomic E-state index is 11.9. The van der Waals surface area contributed by atoms with Crippen molar-refractivity contribution in [2.24, 2.45) is 5.41 Å². The molecule has 1 fully saturated rings.